The molecule has 0 bridgehead atoms. The molecule has 0 unspecified atom stereocenters. The number of carbonyl (C=O) groups excluding carboxylic acids is 2. The Balaban J connectivity index is 2.39. The first kappa shape index (κ1) is 26.0. The lowest BCUT2D eigenvalue weighted by atomic mass is 9.98. The molecule has 0 amide bonds. The first-order valence-electron chi connectivity index (χ1n) is 9.11. The molecule has 1 aliphatic heterocycles. The van der Waals surface area contributed by atoms with Gasteiger partial charge in [-0.2, -0.15) is 21.6 Å². The summed E-state index contributed by atoms with van der Waals surface area (Å²) in [6.45, 7) is 1.19. The van der Waals surface area contributed by atoms with Crippen LogP contribution in [0.4, 0.5) is 13.2 Å². The number of ether oxygens (including phenoxy) is 4. The second kappa shape index (κ2) is 10.6. The molecule has 1 aromatic carbocycles. The zero-order valence-electron chi connectivity index (χ0n) is 16.9. The third-order valence-corrected chi connectivity index (χ3v) is 5.21. The minimum atomic E-state index is -6.19. The van der Waals surface area contributed by atoms with E-state index < -0.39 is 64.9 Å². The fourth-order valence-corrected chi connectivity index (χ4v) is 3.43. The number of rotatable bonds is 8. The predicted molar refractivity (Wildman–Crippen MR) is 97.9 cm³/mol. The maximum atomic E-state index is 12.9. The van der Waals surface area contributed by atoms with Crippen LogP contribution in [0.1, 0.15) is 19.4 Å². The van der Waals surface area contributed by atoms with E-state index in [-0.39, 0.29) is 6.61 Å². The molecule has 0 saturated carbocycles. The summed E-state index contributed by atoms with van der Waals surface area (Å²) in [5, 5.41) is 10.2. The van der Waals surface area contributed by atoms with E-state index in [1.165, 1.54) is 0 Å². The largest absolute Gasteiger partial charge is 0.523 e. The predicted octanol–water partition coefficient (Wildman–Crippen LogP) is 1.02. The maximum Gasteiger partial charge on any atom is 0.523 e. The Kier molecular flexibility index (Phi) is 8.59. The van der Waals surface area contributed by atoms with Gasteiger partial charge in [-0.1, -0.05) is 30.3 Å². The van der Waals surface area contributed by atoms with Crippen molar-refractivity contribution in [3.63, 3.8) is 0 Å². The maximum absolute atomic E-state index is 12.9. The smallest absolute Gasteiger partial charge is 0.463 e. The number of benzene rings is 1. The SMILES string of the molecule is CC(=O)OC[C@H]1O[C@@H](O)[C@@H](OS(=O)(=O)C(F)(F)F)[C@@H](OCc2ccccc2)[C@@H]1OC(C)=O. The Hall–Kier alpha value is -2.26. The molecule has 5 atom stereocenters. The fraction of sp³-hybridized carbons (Fsp3) is 0.556. The Bertz CT molecular complexity index is 890. The normalized spacial score (nSPS) is 26.4. The van der Waals surface area contributed by atoms with Gasteiger partial charge in [-0.05, 0) is 5.56 Å². The van der Waals surface area contributed by atoms with E-state index in [1.54, 1.807) is 30.3 Å². The van der Waals surface area contributed by atoms with E-state index >= 15 is 0 Å². The molecule has 0 spiro atoms. The highest BCUT2D eigenvalue weighted by Crippen LogP contribution is 2.33. The lowest BCUT2D eigenvalue weighted by Crippen LogP contribution is -2.62. The van der Waals surface area contributed by atoms with Gasteiger partial charge >= 0.3 is 27.6 Å². The van der Waals surface area contributed by atoms with Crippen LogP contribution in [-0.2, 0) is 49.4 Å². The highest BCUT2D eigenvalue weighted by atomic mass is 32.2. The molecule has 14 heteroatoms. The average Bonchev–Trinajstić information content (AvgIpc) is 2.68. The molecule has 0 radical (unpaired) electrons. The second-order valence-corrected chi connectivity index (χ2v) is 8.23. The molecule has 32 heavy (non-hydrogen) atoms. The van der Waals surface area contributed by atoms with Gasteiger partial charge < -0.3 is 24.1 Å². The Morgan fingerprint density at radius 3 is 2.22 bits per heavy atom. The summed E-state index contributed by atoms with van der Waals surface area (Å²) in [6, 6.07) is 8.20. The van der Waals surface area contributed by atoms with Crippen LogP contribution in [0.15, 0.2) is 30.3 Å². The molecule has 0 aliphatic carbocycles. The Labute approximate surface area is 181 Å². The van der Waals surface area contributed by atoms with Gasteiger partial charge in [-0.25, -0.2) is 0 Å². The molecule has 1 saturated heterocycles. The third-order valence-electron chi connectivity index (χ3n) is 4.17. The molecule has 10 nitrogen and oxygen atoms in total. The van der Waals surface area contributed by atoms with Crippen molar-refractivity contribution in [1.29, 1.82) is 0 Å². The summed E-state index contributed by atoms with van der Waals surface area (Å²) in [6.07, 6.45) is -9.26. The van der Waals surface area contributed by atoms with E-state index in [0.717, 1.165) is 13.8 Å². The summed E-state index contributed by atoms with van der Waals surface area (Å²) >= 11 is 0. The van der Waals surface area contributed by atoms with E-state index in [4.69, 9.17) is 18.9 Å². The van der Waals surface area contributed by atoms with Crippen molar-refractivity contribution in [2.75, 3.05) is 6.61 Å². The van der Waals surface area contributed by atoms with Gasteiger partial charge in [0.2, 0.25) is 0 Å². The van der Waals surface area contributed by atoms with Crippen LogP contribution < -0.4 is 0 Å². The zero-order chi connectivity index (χ0) is 24.1. The molecule has 0 aromatic heterocycles. The number of aliphatic hydroxyl groups is 1. The van der Waals surface area contributed by atoms with Gasteiger partial charge in [0.05, 0.1) is 6.61 Å². The van der Waals surface area contributed by atoms with E-state index in [9.17, 15) is 36.3 Å². The summed E-state index contributed by atoms with van der Waals surface area (Å²) in [4.78, 5) is 22.7. The van der Waals surface area contributed by atoms with Crippen LogP contribution in [0.25, 0.3) is 0 Å². The highest BCUT2D eigenvalue weighted by Gasteiger charge is 2.56. The van der Waals surface area contributed by atoms with Crippen molar-refractivity contribution in [3.05, 3.63) is 35.9 Å². The first-order valence-corrected chi connectivity index (χ1v) is 10.5. The van der Waals surface area contributed by atoms with E-state index in [0.29, 0.717) is 5.56 Å². The lowest BCUT2D eigenvalue weighted by molar-refractivity contribution is -0.294. The van der Waals surface area contributed by atoms with Crippen LogP contribution in [-0.4, -0.2) is 68.3 Å². The van der Waals surface area contributed by atoms with Crippen molar-refractivity contribution < 1.29 is 59.4 Å². The highest BCUT2D eigenvalue weighted by molar-refractivity contribution is 7.87. The number of halogens is 3. The van der Waals surface area contributed by atoms with Crippen LogP contribution in [0.2, 0.25) is 0 Å². The second-order valence-electron chi connectivity index (χ2n) is 6.66. The molecule has 1 fully saturated rings. The van der Waals surface area contributed by atoms with Crippen molar-refractivity contribution in [3.8, 4) is 0 Å². The van der Waals surface area contributed by atoms with E-state index in [2.05, 4.69) is 4.18 Å². The van der Waals surface area contributed by atoms with Crippen molar-refractivity contribution in [1.82, 2.24) is 0 Å². The molecular formula is C18H21F3O10S. The molecule has 1 aromatic rings. The Morgan fingerprint density at radius 1 is 1.06 bits per heavy atom. The van der Waals surface area contributed by atoms with E-state index in [1.807, 2.05) is 0 Å². The number of alkyl halides is 3. The molecule has 180 valence electrons. The molecule has 1 aliphatic rings. The number of carbonyl (C=O) groups is 2. The summed E-state index contributed by atoms with van der Waals surface area (Å²) in [7, 11) is -6.19. The third kappa shape index (κ3) is 6.87. The molecule has 1 N–H and O–H groups in total. The zero-order valence-corrected chi connectivity index (χ0v) is 17.7. The van der Waals surface area contributed by atoms with Gasteiger partial charge in [-0.3, -0.25) is 13.8 Å². The molecular weight excluding hydrogens is 465 g/mol. The number of hydrogen-bond donors (Lipinski definition) is 1. The summed E-state index contributed by atoms with van der Waals surface area (Å²) in [5.74, 6) is -1.68. The fourth-order valence-electron chi connectivity index (χ4n) is 2.82. The van der Waals surface area contributed by atoms with Crippen LogP contribution in [0, 0.1) is 0 Å². The molecule has 2 rings (SSSR count). The standard InChI is InChI=1S/C18H21F3O10S/c1-10(22)27-9-13-14(29-11(2)23)15(28-8-12-6-4-3-5-7-12)16(17(24)30-13)31-32(25,26)18(19,20)21/h3-7,13-17,24H,8-9H2,1-2H3/t13-,14-,15+,16+,17-/m1/s1. The van der Waals surface area contributed by atoms with Crippen molar-refractivity contribution in [2.24, 2.45) is 0 Å². The minimum Gasteiger partial charge on any atom is -0.463 e. The monoisotopic (exact) mass is 486 g/mol. The lowest BCUT2D eigenvalue weighted by Gasteiger charge is -2.43. The molecule has 1 heterocycles. The van der Waals surface area contributed by atoms with Crippen LogP contribution >= 0.6 is 0 Å². The van der Waals surface area contributed by atoms with Gasteiger partial charge in [0, 0.05) is 13.8 Å². The Morgan fingerprint density at radius 2 is 1.69 bits per heavy atom. The van der Waals surface area contributed by atoms with Crippen LogP contribution in [0.5, 0.6) is 0 Å². The number of hydrogen-bond acceptors (Lipinski definition) is 10. The topological polar surface area (TPSA) is 135 Å². The number of aliphatic hydroxyl groups excluding tert-OH is 1. The summed E-state index contributed by atoms with van der Waals surface area (Å²) in [5.41, 5.74) is -5.27. The van der Waals surface area contributed by atoms with Crippen LogP contribution in [0.3, 0.4) is 0 Å². The van der Waals surface area contributed by atoms with Gasteiger partial charge in [0.1, 0.15) is 18.8 Å². The van der Waals surface area contributed by atoms with Gasteiger partial charge in [0.25, 0.3) is 0 Å². The van der Waals surface area contributed by atoms with Crippen molar-refractivity contribution >= 4 is 22.1 Å². The van der Waals surface area contributed by atoms with Gasteiger partial charge in [-0.15, -0.1) is 0 Å². The average molecular weight is 486 g/mol. The first-order chi connectivity index (χ1) is 14.8. The minimum absolute atomic E-state index is 0.276. The van der Waals surface area contributed by atoms with Crippen molar-refractivity contribution in [2.45, 2.75) is 56.7 Å². The van der Waals surface area contributed by atoms with Gasteiger partial charge in [0.15, 0.2) is 18.5 Å². The number of esters is 2. The summed E-state index contributed by atoms with van der Waals surface area (Å²) < 4.78 is 86.4. The quantitative estimate of drug-likeness (QED) is 0.322.